The Morgan fingerprint density at radius 3 is 2.44 bits per heavy atom. The molecule has 0 spiro atoms. The second kappa shape index (κ2) is 5.11. The third kappa shape index (κ3) is 2.91. The largest absolute Gasteiger partial charge is 0.337 e. The fourth-order valence-corrected chi connectivity index (χ4v) is 2.10. The van der Waals surface area contributed by atoms with Gasteiger partial charge in [-0.2, -0.15) is 0 Å². The number of rotatable bonds is 5. The van der Waals surface area contributed by atoms with Crippen LogP contribution in [0.5, 0.6) is 0 Å². The van der Waals surface area contributed by atoms with E-state index in [-0.39, 0.29) is 5.91 Å². The molecule has 0 radical (unpaired) electrons. The molecule has 1 aliphatic rings. The Bertz CT molecular complexity index is 421. The lowest BCUT2D eigenvalue weighted by Crippen LogP contribution is -2.45. The van der Waals surface area contributed by atoms with Gasteiger partial charge in [-0.25, -0.2) is 0 Å². The average Bonchev–Trinajstić information content (AvgIpc) is 3.10. The maximum Gasteiger partial charge on any atom is 0.242 e. The van der Waals surface area contributed by atoms with Crippen LogP contribution in [0.4, 0.5) is 0 Å². The number of benzene rings is 1. The number of carbonyl (C=O) groups excluding carboxylic acids is 1. The van der Waals surface area contributed by atoms with Crippen molar-refractivity contribution in [2.45, 2.75) is 45.2 Å². The molecule has 0 aliphatic heterocycles. The van der Waals surface area contributed by atoms with Gasteiger partial charge in [-0.3, -0.25) is 4.79 Å². The number of nitrogens with two attached hydrogens (primary N) is 1. The van der Waals surface area contributed by atoms with E-state index < -0.39 is 5.54 Å². The summed E-state index contributed by atoms with van der Waals surface area (Å²) < 4.78 is 0. The zero-order valence-corrected chi connectivity index (χ0v) is 11.3. The van der Waals surface area contributed by atoms with Crippen LogP contribution in [0, 0.1) is 6.92 Å². The first kappa shape index (κ1) is 13.1. The lowest BCUT2D eigenvalue weighted by Gasteiger charge is -2.25. The summed E-state index contributed by atoms with van der Waals surface area (Å²) in [6.07, 6.45) is 2.63. The molecule has 0 atom stereocenters. The van der Waals surface area contributed by atoms with Gasteiger partial charge in [0, 0.05) is 13.1 Å². The molecule has 3 heteroatoms. The molecule has 0 heterocycles. The molecular formula is C15H22N2O. The van der Waals surface area contributed by atoms with Crippen molar-refractivity contribution in [3.05, 3.63) is 35.4 Å². The smallest absolute Gasteiger partial charge is 0.242 e. The number of carbonyl (C=O) groups is 1. The van der Waals surface area contributed by atoms with Crippen molar-refractivity contribution < 1.29 is 4.79 Å². The van der Waals surface area contributed by atoms with Crippen LogP contribution >= 0.6 is 0 Å². The number of hydrogen-bond donors (Lipinski definition) is 1. The van der Waals surface area contributed by atoms with Crippen molar-refractivity contribution in [3.63, 3.8) is 0 Å². The minimum atomic E-state index is -0.556. The standard InChI is InChI=1S/C15H22N2O/c1-3-10-17(14(18)15(16)8-9-15)11-13-6-4-12(2)5-7-13/h4-7H,3,8-11,16H2,1-2H3. The van der Waals surface area contributed by atoms with Crippen LogP contribution < -0.4 is 5.73 Å². The Balaban J connectivity index is 2.06. The minimum absolute atomic E-state index is 0.116. The fraction of sp³-hybridized carbons (Fsp3) is 0.533. The molecule has 1 amide bonds. The quantitative estimate of drug-likeness (QED) is 0.866. The fourth-order valence-electron chi connectivity index (χ4n) is 2.10. The Morgan fingerprint density at radius 2 is 1.94 bits per heavy atom. The first-order valence-corrected chi connectivity index (χ1v) is 6.69. The highest BCUT2D eigenvalue weighted by atomic mass is 16.2. The van der Waals surface area contributed by atoms with Crippen molar-refractivity contribution in [2.24, 2.45) is 5.73 Å². The van der Waals surface area contributed by atoms with Crippen molar-refractivity contribution in [2.75, 3.05) is 6.54 Å². The van der Waals surface area contributed by atoms with Crippen LogP contribution in [0.15, 0.2) is 24.3 Å². The summed E-state index contributed by atoms with van der Waals surface area (Å²) >= 11 is 0. The van der Waals surface area contributed by atoms with E-state index in [1.54, 1.807) is 0 Å². The van der Waals surface area contributed by atoms with Gasteiger partial charge in [0.1, 0.15) is 0 Å². The second-order valence-corrected chi connectivity index (χ2v) is 5.37. The van der Waals surface area contributed by atoms with Gasteiger partial charge in [-0.05, 0) is 31.7 Å². The highest BCUT2D eigenvalue weighted by Gasteiger charge is 2.47. The molecule has 18 heavy (non-hydrogen) atoms. The summed E-state index contributed by atoms with van der Waals surface area (Å²) in [6.45, 7) is 5.61. The SMILES string of the molecule is CCCN(Cc1ccc(C)cc1)C(=O)C1(N)CC1. The van der Waals surface area contributed by atoms with Gasteiger partial charge in [0.15, 0.2) is 0 Å². The van der Waals surface area contributed by atoms with Crippen molar-refractivity contribution >= 4 is 5.91 Å². The molecule has 2 N–H and O–H groups in total. The molecule has 2 rings (SSSR count). The average molecular weight is 246 g/mol. The van der Waals surface area contributed by atoms with Crippen molar-refractivity contribution in [1.82, 2.24) is 4.90 Å². The maximum atomic E-state index is 12.3. The molecular weight excluding hydrogens is 224 g/mol. The molecule has 1 saturated carbocycles. The van der Waals surface area contributed by atoms with Crippen LogP contribution in [0.3, 0.4) is 0 Å². The van der Waals surface area contributed by atoms with Crippen LogP contribution in [-0.4, -0.2) is 22.9 Å². The number of aryl methyl sites for hydroxylation is 1. The summed E-state index contributed by atoms with van der Waals surface area (Å²) in [5.41, 5.74) is 7.87. The van der Waals surface area contributed by atoms with Crippen LogP contribution in [0.1, 0.15) is 37.3 Å². The van der Waals surface area contributed by atoms with Gasteiger partial charge in [0.25, 0.3) is 0 Å². The van der Waals surface area contributed by atoms with Gasteiger partial charge in [-0.15, -0.1) is 0 Å². The monoisotopic (exact) mass is 246 g/mol. The van der Waals surface area contributed by atoms with E-state index in [2.05, 4.69) is 38.1 Å². The molecule has 1 aromatic carbocycles. The van der Waals surface area contributed by atoms with Gasteiger partial charge in [0.2, 0.25) is 5.91 Å². The highest BCUT2D eigenvalue weighted by Crippen LogP contribution is 2.34. The van der Waals surface area contributed by atoms with Gasteiger partial charge >= 0.3 is 0 Å². The topological polar surface area (TPSA) is 46.3 Å². The molecule has 98 valence electrons. The zero-order chi connectivity index (χ0) is 13.2. The van der Waals surface area contributed by atoms with E-state index in [1.165, 1.54) is 11.1 Å². The summed E-state index contributed by atoms with van der Waals surface area (Å²) in [4.78, 5) is 14.2. The summed E-state index contributed by atoms with van der Waals surface area (Å²) in [5.74, 6) is 0.116. The van der Waals surface area contributed by atoms with E-state index in [1.807, 2.05) is 4.90 Å². The number of nitrogens with zero attached hydrogens (tertiary/aromatic N) is 1. The molecule has 0 saturated heterocycles. The Hall–Kier alpha value is -1.35. The Labute approximate surface area is 109 Å². The first-order chi connectivity index (χ1) is 8.55. The summed E-state index contributed by atoms with van der Waals surface area (Å²) in [5, 5.41) is 0. The predicted octanol–water partition coefficient (Wildman–Crippen LogP) is 2.22. The second-order valence-electron chi connectivity index (χ2n) is 5.37. The third-order valence-electron chi connectivity index (χ3n) is 3.49. The van der Waals surface area contributed by atoms with Gasteiger partial charge < -0.3 is 10.6 Å². The van der Waals surface area contributed by atoms with E-state index in [0.717, 1.165) is 25.8 Å². The predicted molar refractivity (Wildman–Crippen MR) is 73.0 cm³/mol. The highest BCUT2D eigenvalue weighted by molar-refractivity contribution is 5.89. The minimum Gasteiger partial charge on any atom is -0.337 e. The van der Waals surface area contributed by atoms with Gasteiger partial charge in [0.05, 0.1) is 5.54 Å². The van der Waals surface area contributed by atoms with Crippen LogP contribution in [-0.2, 0) is 11.3 Å². The molecule has 0 unspecified atom stereocenters. The lowest BCUT2D eigenvalue weighted by molar-refractivity contribution is -0.134. The molecule has 3 nitrogen and oxygen atoms in total. The lowest BCUT2D eigenvalue weighted by atomic mass is 10.1. The van der Waals surface area contributed by atoms with Crippen LogP contribution in [0.25, 0.3) is 0 Å². The molecule has 1 fully saturated rings. The molecule has 1 aromatic rings. The van der Waals surface area contributed by atoms with Crippen LogP contribution in [0.2, 0.25) is 0 Å². The molecule has 0 bridgehead atoms. The van der Waals surface area contributed by atoms with E-state index in [4.69, 9.17) is 5.73 Å². The maximum absolute atomic E-state index is 12.3. The van der Waals surface area contributed by atoms with Crippen molar-refractivity contribution in [3.8, 4) is 0 Å². The Kier molecular flexibility index (Phi) is 3.71. The van der Waals surface area contributed by atoms with Crippen molar-refractivity contribution in [1.29, 1.82) is 0 Å². The zero-order valence-electron chi connectivity index (χ0n) is 11.3. The number of hydrogen-bond acceptors (Lipinski definition) is 2. The summed E-state index contributed by atoms with van der Waals surface area (Å²) in [7, 11) is 0. The van der Waals surface area contributed by atoms with Gasteiger partial charge in [-0.1, -0.05) is 36.8 Å². The number of amides is 1. The third-order valence-corrected chi connectivity index (χ3v) is 3.49. The van der Waals surface area contributed by atoms with E-state index >= 15 is 0 Å². The summed E-state index contributed by atoms with van der Waals surface area (Å²) in [6, 6.07) is 8.33. The van der Waals surface area contributed by atoms with E-state index in [9.17, 15) is 4.79 Å². The normalized spacial score (nSPS) is 16.4. The molecule has 0 aromatic heterocycles. The first-order valence-electron chi connectivity index (χ1n) is 6.69. The molecule has 1 aliphatic carbocycles. The Morgan fingerprint density at radius 1 is 1.33 bits per heavy atom. The van der Waals surface area contributed by atoms with E-state index in [0.29, 0.717) is 6.54 Å².